The fourth-order valence-electron chi connectivity index (χ4n) is 2.70. The Morgan fingerprint density at radius 1 is 1.10 bits per heavy atom. The van der Waals surface area contributed by atoms with Gasteiger partial charge in [0.2, 0.25) is 0 Å². The predicted molar refractivity (Wildman–Crippen MR) is 76.9 cm³/mol. The maximum absolute atomic E-state index is 13.8. The molecule has 1 aliphatic rings. The second kappa shape index (κ2) is 7.20. The quantitative estimate of drug-likeness (QED) is 0.898. The molecule has 4 nitrogen and oxygen atoms in total. The molecule has 1 amide bonds. The molecule has 1 aromatic carbocycles. The summed E-state index contributed by atoms with van der Waals surface area (Å²) in [6.07, 6.45) is 7.58. The van der Waals surface area contributed by atoms with Crippen molar-refractivity contribution < 1.29 is 19.1 Å². The van der Waals surface area contributed by atoms with Crippen LogP contribution in [0.3, 0.4) is 0 Å². The third-order valence-corrected chi connectivity index (χ3v) is 3.90. The second-order valence-corrected chi connectivity index (χ2v) is 5.52. The monoisotopic (exact) mass is 293 g/mol. The summed E-state index contributed by atoms with van der Waals surface area (Å²) in [6.45, 7) is 0. The van der Waals surface area contributed by atoms with Gasteiger partial charge in [-0.15, -0.1) is 0 Å². The van der Waals surface area contributed by atoms with Gasteiger partial charge in [-0.25, -0.2) is 9.18 Å². The van der Waals surface area contributed by atoms with E-state index in [1.807, 2.05) is 0 Å². The highest BCUT2D eigenvalue weighted by Gasteiger charge is 2.18. The van der Waals surface area contributed by atoms with Crippen LogP contribution in [0.5, 0.6) is 0 Å². The first kappa shape index (κ1) is 15.5. The fourth-order valence-corrected chi connectivity index (χ4v) is 2.70. The first-order valence-electron chi connectivity index (χ1n) is 7.41. The number of hydrogen-bond donors (Lipinski definition) is 2. The number of aromatic carboxylic acids is 1. The van der Waals surface area contributed by atoms with Crippen LogP contribution in [-0.2, 0) is 0 Å². The van der Waals surface area contributed by atoms with E-state index in [9.17, 15) is 14.0 Å². The molecule has 0 aliphatic heterocycles. The molecule has 1 aliphatic carbocycles. The van der Waals surface area contributed by atoms with Crippen molar-refractivity contribution in [3.05, 3.63) is 35.1 Å². The summed E-state index contributed by atoms with van der Waals surface area (Å²) in [6, 6.07) is 3.45. The molecule has 114 valence electrons. The Labute approximate surface area is 123 Å². The minimum atomic E-state index is -1.21. The topological polar surface area (TPSA) is 66.4 Å². The third-order valence-electron chi connectivity index (χ3n) is 3.90. The highest BCUT2D eigenvalue weighted by atomic mass is 19.1. The lowest BCUT2D eigenvalue weighted by Gasteiger charge is -2.21. The van der Waals surface area contributed by atoms with Crippen molar-refractivity contribution in [3.63, 3.8) is 0 Å². The molecule has 5 heteroatoms. The SMILES string of the molecule is O=C(O)c1ccc(C(=O)NC2CCCCCCC2)c(F)c1. The zero-order valence-electron chi connectivity index (χ0n) is 11.9. The maximum atomic E-state index is 13.8. The van der Waals surface area contributed by atoms with Gasteiger partial charge in [0.05, 0.1) is 11.1 Å². The van der Waals surface area contributed by atoms with Gasteiger partial charge in [-0.2, -0.15) is 0 Å². The summed E-state index contributed by atoms with van der Waals surface area (Å²) in [4.78, 5) is 22.9. The number of rotatable bonds is 3. The van der Waals surface area contributed by atoms with E-state index in [0.717, 1.165) is 31.7 Å². The molecule has 0 saturated heterocycles. The molecule has 0 radical (unpaired) electrons. The molecular weight excluding hydrogens is 273 g/mol. The number of carbonyl (C=O) groups excluding carboxylic acids is 1. The van der Waals surface area contributed by atoms with Crippen LogP contribution in [0.25, 0.3) is 0 Å². The van der Waals surface area contributed by atoms with Crippen molar-refractivity contribution in [1.82, 2.24) is 5.32 Å². The Kier molecular flexibility index (Phi) is 5.31. The zero-order valence-corrected chi connectivity index (χ0v) is 11.9. The summed E-state index contributed by atoms with van der Waals surface area (Å²) in [5.74, 6) is -2.46. The summed E-state index contributed by atoms with van der Waals surface area (Å²) < 4.78 is 13.8. The van der Waals surface area contributed by atoms with Gasteiger partial charge >= 0.3 is 5.97 Å². The summed E-state index contributed by atoms with van der Waals surface area (Å²) in [7, 11) is 0. The molecule has 0 bridgehead atoms. The standard InChI is InChI=1S/C16H20FNO3/c17-14-10-11(16(20)21)8-9-13(14)15(19)18-12-6-4-2-1-3-5-7-12/h8-10,12H,1-7H2,(H,18,19)(H,20,21). The van der Waals surface area contributed by atoms with E-state index in [1.54, 1.807) is 0 Å². The molecule has 21 heavy (non-hydrogen) atoms. The number of halogens is 1. The highest BCUT2D eigenvalue weighted by Crippen LogP contribution is 2.18. The van der Waals surface area contributed by atoms with Crippen LogP contribution in [-0.4, -0.2) is 23.0 Å². The van der Waals surface area contributed by atoms with Crippen LogP contribution < -0.4 is 5.32 Å². The predicted octanol–water partition coefficient (Wildman–Crippen LogP) is 3.37. The van der Waals surface area contributed by atoms with Crippen LogP contribution in [0.4, 0.5) is 4.39 Å². The van der Waals surface area contributed by atoms with Crippen molar-refractivity contribution in [3.8, 4) is 0 Å². The largest absolute Gasteiger partial charge is 0.478 e. The van der Waals surface area contributed by atoms with E-state index in [4.69, 9.17) is 5.11 Å². The number of carboxylic acids is 1. The van der Waals surface area contributed by atoms with E-state index < -0.39 is 17.7 Å². The average molecular weight is 293 g/mol. The Hall–Kier alpha value is -1.91. The molecule has 1 fully saturated rings. The lowest BCUT2D eigenvalue weighted by atomic mass is 9.96. The minimum absolute atomic E-state index is 0.0800. The van der Waals surface area contributed by atoms with Gasteiger partial charge in [-0.1, -0.05) is 32.1 Å². The van der Waals surface area contributed by atoms with Crippen molar-refractivity contribution >= 4 is 11.9 Å². The van der Waals surface area contributed by atoms with Crippen molar-refractivity contribution in [1.29, 1.82) is 0 Å². The molecule has 2 rings (SSSR count). The lowest BCUT2D eigenvalue weighted by molar-refractivity contribution is 0.0695. The molecule has 1 saturated carbocycles. The van der Waals surface area contributed by atoms with Gasteiger partial charge < -0.3 is 10.4 Å². The Morgan fingerprint density at radius 3 is 2.29 bits per heavy atom. The number of nitrogens with one attached hydrogen (secondary N) is 1. The van der Waals surface area contributed by atoms with Crippen LogP contribution in [0.1, 0.15) is 65.7 Å². The third kappa shape index (κ3) is 4.28. The second-order valence-electron chi connectivity index (χ2n) is 5.52. The van der Waals surface area contributed by atoms with Crippen molar-refractivity contribution in [2.75, 3.05) is 0 Å². The van der Waals surface area contributed by atoms with Gasteiger partial charge in [-0.05, 0) is 31.0 Å². The minimum Gasteiger partial charge on any atom is -0.478 e. The van der Waals surface area contributed by atoms with Gasteiger partial charge in [0, 0.05) is 6.04 Å². The van der Waals surface area contributed by atoms with E-state index in [2.05, 4.69) is 5.32 Å². The van der Waals surface area contributed by atoms with Gasteiger partial charge in [0.1, 0.15) is 5.82 Å². The Bertz CT molecular complexity index is 522. The molecule has 1 aromatic rings. The normalized spacial score (nSPS) is 16.8. The number of benzene rings is 1. The smallest absolute Gasteiger partial charge is 0.335 e. The molecule has 0 heterocycles. The molecular formula is C16H20FNO3. The molecule has 2 N–H and O–H groups in total. The van der Waals surface area contributed by atoms with E-state index >= 15 is 0 Å². The van der Waals surface area contributed by atoms with Crippen molar-refractivity contribution in [2.24, 2.45) is 0 Å². The number of carbonyl (C=O) groups is 2. The van der Waals surface area contributed by atoms with Gasteiger partial charge in [0.15, 0.2) is 0 Å². The van der Waals surface area contributed by atoms with Gasteiger partial charge in [-0.3, -0.25) is 4.79 Å². The number of amides is 1. The van der Waals surface area contributed by atoms with Gasteiger partial charge in [0.25, 0.3) is 5.91 Å². The summed E-state index contributed by atoms with van der Waals surface area (Å²) in [5, 5.41) is 11.7. The molecule has 0 aromatic heterocycles. The first-order chi connectivity index (χ1) is 10.1. The first-order valence-corrected chi connectivity index (χ1v) is 7.41. The molecule has 0 atom stereocenters. The Morgan fingerprint density at radius 2 is 1.71 bits per heavy atom. The molecule has 0 unspecified atom stereocenters. The zero-order chi connectivity index (χ0) is 15.2. The average Bonchev–Trinajstić information content (AvgIpc) is 2.41. The summed E-state index contributed by atoms with van der Waals surface area (Å²) in [5.41, 5.74) is -0.253. The molecule has 0 spiro atoms. The van der Waals surface area contributed by atoms with Crippen LogP contribution in [0.2, 0.25) is 0 Å². The fraction of sp³-hybridized carbons (Fsp3) is 0.500. The Balaban J connectivity index is 2.03. The van der Waals surface area contributed by atoms with Crippen molar-refractivity contribution in [2.45, 2.75) is 51.0 Å². The van der Waals surface area contributed by atoms with Crippen LogP contribution >= 0.6 is 0 Å². The number of carboxylic acid groups (broad SMARTS) is 1. The highest BCUT2D eigenvalue weighted by molar-refractivity contribution is 5.96. The summed E-state index contributed by atoms with van der Waals surface area (Å²) >= 11 is 0. The lowest BCUT2D eigenvalue weighted by Crippen LogP contribution is -2.35. The van der Waals surface area contributed by atoms with E-state index in [1.165, 1.54) is 31.4 Å². The van der Waals surface area contributed by atoms with E-state index in [0.29, 0.717) is 0 Å². The van der Waals surface area contributed by atoms with Crippen LogP contribution in [0, 0.1) is 5.82 Å². The maximum Gasteiger partial charge on any atom is 0.335 e. The van der Waals surface area contributed by atoms with Crippen LogP contribution in [0.15, 0.2) is 18.2 Å². The number of hydrogen-bond acceptors (Lipinski definition) is 2. The van der Waals surface area contributed by atoms with E-state index in [-0.39, 0.29) is 17.2 Å².